The molecule has 23 heavy (non-hydrogen) atoms. The number of cyclic esters (lactones) is 1. The molecule has 0 unspecified atom stereocenters. The quantitative estimate of drug-likeness (QED) is 0.345. The molecule has 0 aromatic heterocycles. The van der Waals surface area contributed by atoms with Crippen molar-refractivity contribution in [2.24, 2.45) is 5.92 Å². The van der Waals surface area contributed by atoms with Gasteiger partial charge in [0.1, 0.15) is 6.61 Å². The second-order valence-corrected chi connectivity index (χ2v) is 7.62. The van der Waals surface area contributed by atoms with Crippen molar-refractivity contribution < 1.29 is 9.53 Å². The highest BCUT2D eigenvalue weighted by Crippen LogP contribution is 2.17. The van der Waals surface area contributed by atoms with E-state index >= 15 is 0 Å². The summed E-state index contributed by atoms with van der Waals surface area (Å²) in [6, 6.07) is 0.436. The molecule has 0 aromatic carbocycles. The topological polar surface area (TPSA) is 29.5 Å². The van der Waals surface area contributed by atoms with Crippen LogP contribution in [0.1, 0.15) is 91.4 Å². The Morgan fingerprint density at radius 2 is 1.57 bits per heavy atom. The Bertz CT molecular complexity index is 304. The highest BCUT2D eigenvalue weighted by Gasteiger charge is 2.27. The molecule has 0 aliphatic carbocycles. The molecule has 0 N–H and O–H groups in total. The highest BCUT2D eigenvalue weighted by atomic mass is 16.5. The van der Waals surface area contributed by atoms with Gasteiger partial charge in [0.25, 0.3) is 0 Å². The lowest BCUT2D eigenvalue weighted by molar-refractivity contribution is -0.155. The van der Waals surface area contributed by atoms with E-state index < -0.39 is 0 Å². The fourth-order valence-corrected chi connectivity index (χ4v) is 3.46. The molecule has 0 bridgehead atoms. The van der Waals surface area contributed by atoms with E-state index in [1.807, 2.05) is 0 Å². The summed E-state index contributed by atoms with van der Waals surface area (Å²) in [5.41, 5.74) is 0. The van der Waals surface area contributed by atoms with Crippen LogP contribution in [0.3, 0.4) is 0 Å². The molecular formula is C20H39NO2. The van der Waals surface area contributed by atoms with Gasteiger partial charge in [0.2, 0.25) is 0 Å². The second-order valence-electron chi connectivity index (χ2n) is 7.62. The van der Waals surface area contributed by atoms with E-state index in [1.165, 1.54) is 64.2 Å². The number of esters is 1. The lowest BCUT2D eigenvalue weighted by Gasteiger charge is -2.35. The van der Waals surface area contributed by atoms with Gasteiger partial charge in [-0.1, -0.05) is 78.6 Å². The molecule has 136 valence electrons. The van der Waals surface area contributed by atoms with Crippen LogP contribution >= 0.6 is 0 Å². The molecular weight excluding hydrogens is 286 g/mol. The van der Waals surface area contributed by atoms with Gasteiger partial charge in [-0.25, -0.2) is 0 Å². The number of morpholine rings is 1. The van der Waals surface area contributed by atoms with Gasteiger partial charge in [0, 0.05) is 6.04 Å². The molecule has 0 saturated carbocycles. The Hall–Kier alpha value is -0.570. The average Bonchev–Trinajstić information content (AvgIpc) is 2.51. The minimum absolute atomic E-state index is 0.0444. The van der Waals surface area contributed by atoms with Gasteiger partial charge in [-0.3, -0.25) is 9.69 Å². The molecule has 1 rings (SSSR count). The maximum Gasteiger partial charge on any atom is 0.320 e. The number of carbonyl (C=O) groups is 1. The summed E-state index contributed by atoms with van der Waals surface area (Å²) >= 11 is 0. The minimum atomic E-state index is -0.0444. The van der Waals surface area contributed by atoms with Crippen molar-refractivity contribution in [2.45, 2.75) is 97.4 Å². The Labute approximate surface area is 144 Å². The van der Waals surface area contributed by atoms with Gasteiger partial charge in [-0.2, -0.15) is 0 Å². The maximum absolute atomic E-state index is 11.5. The number of carbonyl (C=O) groups excluding carboxylic acids is 1. The fourth-order valence-electron chi connectivity index (χ4n) is 3.46. The third kappa shape index (κ3) is 10.0. The summed E-state index contributed by atoms with van der Waals surface area (Å²) in [4.78, 5) is 13.9. The first-order valence-electron chi connectivity index (χ1n) is 10.0. The summed E-state index contributed by atoms with van der Waals surface area (Å²) in [7, 11) is 0. The van der Waals surface area contributed by atoms with Crippen molar-refractivity contribution in [2.75, 3.05) is 19.7 Å². The van der Waals surface area contributed by atoms with E-state index in [1.54, 1.807) is 0 Å². The molecule has 1 fully saturated rings. The van der Waals surface area contributed by atoms with Crippen LogP contribution in [0, 0.1) is 5.92 Å². The van der Waals surface area contributed by atoms with Crippen molar-refractivity contribution >= 4 is 5.97 Å². The first-order chi connectivity index (χ1) is 11.1. The lowest BCUT2D eigenvalue weighted by Crippen LogP contribution is -2.48. The predicted molar refractivity (Wildman–Crippen MR) is 97.6 cm³/mol. The van der Waals surface area contributed by atoms with Gasteiger partial charge >= 0.3 is 5.97 Å². The standard InChI is InChI=1S/C20H39NO2/c1-4-5-6-7-8-9-10-11-12-13-14-21-16-20(22)23-17-19(21)15-18(2)3/h18-19H,4-17H2,1-3H3/t19-/m0/s1. The van der Waals surface area contributed by atoms with Crippen molar-refractivity contribution in [1.82, 2.24) is 4.90 Å². The number of unbranched alkanes of at least 4 members (excludes halogenated alkanes) is 9. The van der Waals surface area contributed by atoms with E-state index in [0.717, 1.165) is 13.0 Å². The van der Waals surface area contributed by atoms with Crippen LogP contribution in [0.15, 0.2) is 0 Å². The zero-order valence-corrected chi connectivity index (χ0v) is 15.8. The predicted octanol–water partition coefficient (Wildman–Crippen LogP) is 5.18. The van der Waals surface area contributed by atoms with Crippen molar-refractivity contribution in [3.05, 3.63) is 0 Å². The van der Waals surface area contributed by atoms with Crippen LogP contribution in [-0.4, -0.2) is 36.6 Å². The van der Waals surface area contributed by atoms with Gasteiger partial charge in [0.05, 0.1) is 6.54 Å². The van der Waals surface area contributed by atoms with Crippen LogP contribution in [0.25, 0.3) is 0 Å². The SMILES string of the molecule is CCCCCCCCCCCCN1CC(=O)OC[C@@H]1CC(C)C. The molecule has 1 aliphatic rings. The number of rotatable bonds is 13. The summed E-state index contributed by atoms with van der Waals surface area (Å²) in [6.07, 6.45) is 14.8. The third-order valence-electron chi connectivity index (χ3n) is 4.83. The Morgan fingerprint density at radius 1 is 1.00 bits per heavy atom. The Balaban J connectivity index is 2.05. The first-order valence-corrected chi connectivity index (χ1v) is 10.0. The molecule has 3 heteroatoms. The molecule has 0 amide bonds. The summed E-state index contributed by atoms with van der Waals surface area (Å²) in [5, 5.41) is 0. The summed E-state index contributed by atoms with van der Waals surface area (Å²) in [5.74, 6) is 0.615. The molecule has 1 heterocycles. The first kappa shape index (κ1) is 20.5. The molecule has 1 atom stereocenters. The zero-order valence-electron chi connectivity index (χ0n) is 15.8. The minimum Gasteiger partial charge on any atom is -0.463 e. The van der Waals surface area contributed by atoms with E-state index in [4.69, 9.17) is 4.74 Å². The smallest absolute Gasteiger partial charge is 0.320 e. The third-order valence-corrected chi connectivity index (χ3v) is 4.83. The van der Waals surface area contributed by atoms with Gasteiger partial charge in [-0.05, 0) is 25.3 Å². The number of ether oxygens (including phenoxy) is 1. The number of hydrogen-bond acceptors (Lipinski definition) is 3. The zero-order chi connectivity index (χ0) is 16.9. The molecule has 3 nitrogen and oxygen atoms in total. The van der Waals surface area contributed by atoms with Crippen molar-refractivity contribution in [3.63, 3.8) is 0 Å². The average molecular weight is 326 g/mol. The monoisotopic (exact) mass is 325 g/mol. The van der Waals surface area contributed by atoms with E-state index in [2.05, 4.69) is 25.7 Å². The van der Waals surface area contributed by atoms with Crippen LogP contribution in [0.5, 0.6) is 0 Å². The van der Waals surface area contributed by atoms with Gasteiger partial charge in [0.15, 0.2) is 0 Å². The summed E-state index contributed by atoms with van der Waals surface area (Å²) in [6.45, 7) is 8.91. The van der Waals surface area contributed by atoms with Crippen LogP contribution in [0.4, 0.5) is 0 Å². The molecule has 0 radical (unpaired) electrons. The lowest BCUT2D eigenvalue weighted by atomic mass is 10.0. The largest absolute Gasteiger partial charge is 0.463 e. The van der Waals surface area contributed by atoms with E-state index in [9.17, 15) is 4.79 Å². The van der Waals surface area contributed by atoms with E-state index in [-0.39, 0.29) is 5.97 Å². The summed E-state index contributed by atoms with van der Waals surface area (Å²) < 4.78 is 5.24. The van der Waals surface area contributed by atoms with Crippen molar-refractivity contribution in [1.29, 1.82) is 0 Å². The maximum atomic E-state index is 11.5. The Kier molecular flexibility index (Phi) is 11.4. The highest BCUT2D eigenvalue weighted by molar-refractivity contribution is 5.72. The van der Waals surface area contributed by atoms with Crippen LogP contribution in [0.2, 0.25) is 0 Å². The van der Waals surface area contributed by atoms with Crippen LogP contribution < -0.4 is 0 Å². The number of hydrogen-bond donors (Lipinski definition) is 0. The number of nitrogens with zero attached hydrogens (tertiary/aromatic N) is 1. The molecule has 0 aromatic rings. The van der Waals surface area contributed by atoms with E-state index in [0.29, 0.717) is 25.1 Å². The fraction of sp³-hybridized carbons (Fsp3) is 0.950. The molecule has 1 saturated heterocycles. The second kappa shape index (κ2) is 12.8. The molecule has 1 aliphatic heterocycles. The molecule has 0 spiro atoms. The normalized spacial score (nSPS) is 19.3. The van der Waals surface area contributed by atoms with Gasteiger partial charge < -0.3 is 4.74 Å². The van der Waals surface area contributed by atoms with Crippen molar-refractivity contribution in [3.8, 4) is 0 Å². The van der Waals surface area contributed by atoms with Crippen LogP contribution in [-0.2, 0) is 9.53 Å². The Morgan fingerprint density at radius 3 is 2.13 bits per heavy atom. The van der Waals surface area contributed by atoms with Gasteiger partial charge in [-0.15, -0.1) is 0 Å².